The highest BCUT2D eigenvalue weighted by Crippen LogP contribution is 2.27. The van der Waals surface area contributed by atoms with Crippen LogP contribution < -0.4 is 10.3 Å². The number of aryl methyl sites for hydroxylation is 1. The molecular weight excluding hydrogens is 444 g/mol. The van der Waals surface area contributed by atoms with Gasteiger partial charge in [-0.1, -0.05) is 36.4 Å². The minimum absolute atomic E-state index is 0.146. The summed E-state index contributed by atoms with van der Waals surface area (Å²) in [6, 6.07) is 21.8. The number of fused-ring (bicyclic) bond motifs is 1. The predicted octanol–water partition coefficient (Wildman–Crippen LogP) is 4.22. The van der Waals surface area contributed by atoms with Crippen molar-refractivity contribution in [2.45, 2.75) is 13.5 Å². The van der Waals surface area contributed by atoms with E-state index < -0.39 is 5.97 Å². The number of carbonyl (C=O) groups excluding carboxylic acids is 1. The Morgan fingerprint density at radius 1 is 1.00 bits per heavy atom. The summed E-state index contributed by atoms with van der Waals surface area (Å²) in [6.45, 7) is 1.73. The molecule has 0 saturated carbocycles. The predicted molar refractivity (Wildman–Crippen MR) is 131 cm³/mol. The van der Waals surface area contributed by atoms with Gasteiger partial charge in [0.15, 0.2) is 0 Å². The summed E-state index contributed by atoms with van der Waals surface area (Å²) in [7, 11) is 1.58. The van der Waals surface area contributed by atoms with Crippen LogP contribution in [0.1, 0.15) is 21.6 Å². The third-order valence-electron chi connectivity index (χ3n) is 5.59. The van der Waals surface area contributed by atoms with Gasteiger partial charge in [0.05, 0.1) is 18.5 Å². The SMILES string of the molecule is COc1cccc(-c2nn(-c3ccccc3)cc2C(=O)OCc2cc(=O)n3cccc(C)c3n2)c1. The maximum absolute atomic E-state index is 13.2. The third kappa shape index (κ3) is 4.41. The molecule has 0 atom stereocenters. The van der Waals surface area contributed by atoms with Gasteiger partial charge >= 0.3 is 5.97 Å². The van der Waals surface area contributed by atoms with E-state index in [1.165, 1.54) is 10.5 Å². The highest BCUT2D eigenvalue weighted by atomic mass is 16.5. The van der Waals surface area contributed by atoms with Crippen LogP contribution in [-0.2, 0) is 11.3 Å². The zero-order valence-corrected chi connectivity index (χ0v) is 19.2. The van der Waals surface area contributed by atoms with Crippen LogP contribution in [-0.4, -0.2) is 32.2 Å². The van der Waals surface area contributed by atoms with E-state index in [0.29, 0.717) is 28.3 Å². The molecule has 8 heteroatoms. The van der Waals surface area contributed by atoms with Gasteiger partial charge in [0.1, 0.15) is 29.3 Å². The summed E-state index contributed by atoms with van der Waals surface area (Å²) < 4.78 is 14.0. The van der Waals surface area contributed by atoms with Gasteiger partial charge in [0.2, 0.25) is 0 Å². The molecular formula is C27H22N4O4. The molecule has 3 aromatic heterocycles. The summed E-state index contributed by atoms with van der Waals surface area (Å²) in [5.41, 5.74) is 3.77. The van der Waals surface area contributed by atoms with Crippen LogP contribution >= 0.6 is 0 Å². The number of hydrogen-bond acceptors (Lipinski definition) is 6. The largest absolute Gasteiger partial charge is 0.497 e. The molecule has 0 spiro atoms. The number of ether oxygens (including phenoxy) is 2. The molecule has 0 aliphatic rings. The number of esters is 1. The standard InChI is InChI=1S/C27H22N4O4/c1-18-8-7-13-30-24(32)15-20(28-26(18)30)17-35-27(33)23-16-31(21-10-4-3-5-11-21)29-25(23)19-9-6-12-22(14-19)34-2/h3-16H,17H2,1-2H3. The molecule has 0 radical (unpaired) electrons. The summed E-state index contributed by atoms with van der Waals surface area (Å²) >= 11 is 0. The Morgan fingerprint density at radius 3 is 2.63 bits per heavy atom. The van der Waals surface area contributed by atoms with Crippen molar-refractivity contribution in [2.24, 2.45) is 0 Å². The second-order valence-corrected chi connectivity index (χ2v) is 7.95. The molecule has 5 aromatic rings. The quantitative estimate of drug-likeness (QED) is 0.348. The number of aromatic nitrogens is 4. The minimum atomic E-state index is -0.572. The van der Waals surface area contributed by atoms with Crippen LogP contribution in [0.5, 0.6) is 5.75 Å². The van der Waals surface area contributed by atoms with Crippen LogP contribution in [0, 0.1) is 6.92 Å². The number of rotatable bonds is 6. The normalized spacial score (nSPS) is 10.9. The maximum Gasteiger partial charge on any atom is 0.342 e. The average Bonchev–Trinajstić information content (AvgIpc) is 3.34. The Labute approximate surface area is 201 Å². The van der Waals surface area contributed by atoms with E-state index in [9.17, 15) is 9.59 Å². The highest BCUT2D eigenvalue weighted by Gasteiger charge is 2.21. The van der Waals surface area contributed by atoms with E-state index in [1.807, 2.05) is 67.6 Å². The zero-order valence-electron chi connectivity index (χ0n) is 19.2. The van der Waals surface area contributed by atoms with Crippen molar-refractivity contribution < 1.29 is 14.3 Å². The van der Waals surface area contributed by atoms with Gasteiger partial charge in [0.25, 0.3) is 5.56 Å². The van der Waals surface area contributed by atoms with Gasteiger partial charge in [-0.25, -0.2) is 14.5 Å². The van der Waals surface area contributed by atoms with Gasteiger partial charge in [-0.05, 0) is 42.8 Å². The van der Waals surface area contributed by atoms with Crippen LogP contribution in [0.2, 0.25) is 0 Å². The molecule has 0 saturated heterocycles. The fourth-order valence-corrected chi connectivity index (χ4v) is 3.82. The molecule has 5 rings (SSSR count). The zero-order chi connectivity index (χ0) is 24.4. The van der Waals surface area contributed by atoms with Crippen LogP contribution in [0.25, 0.3) is 22.6 Å². The van der Waals surface area contributed by atoms with Crippen molar-refractivity contribution in [3.05, 3.63) is 112 Å². The monoisotopic (exact) mass is 466 g/mol. The van der Waals surface area contributed by atoms with Crippen molar-refractivity contribution >= 4 is 11.6 Å². The lowest BCUT2D eigenvalue weighted by molar-refractivity contribution is 0.0468. The smallest absolute Gasteiger partial charge is 0.342 e. The third-order valence-corrected chi connectivity index (χ3v) is 5.59. The lowest BCUT2D eigenvalue weighted by Gasteiger charge is -2.08. The fourth-order valence-electron chi connectivity index (χ4n) is 3.82. The second-order valence-electron chi connectivity index (χ2n) is 7.95. The first-order valence-electron chi connectivity index (χ1n) is 11.0. The van der Waals surface area contributed by atoms with Crippen LogP contribution in [0.3, 0.4) is 0 Å². The van der Waals surface area contributed by atoms with Gasteiger partial charge in [0, 0.05) is 24.0 Å². The first-order valence-corrected chi connectivity index (χ1v) is 11.0. The molecule has 8 nitrogen and oxygen atoms in total. The van der Waals surface area contributed by atoms with E-state index in [1.54, 1.807) is 30.3 Å². The summed E-state index contributed by atoms with van der Waals surface area (Å²) in [5, 5.41) is 4.66. The lowest BCUT2D eigenvalue weighted by Crippen LogP contribution is -2.17. The van der Waals surface area contributed by atoms with Gasteiger partial charge < -0.3 is 9.47 Å². The van der Waals surface area contributed by atoms with Gasteiger partial charge in [-0.2, -0.15) is 5.10 Å². The number of benzene rings is 2. The molecule has 35 heavy (non-hydrogen) atoms. The van der Waals surface area contributed by atoms with Crippen molar-refractivity contribution in [1.82, 2.24) is 19.2 Å². The van der Waals surface area contributed by atoms with Crippen molar-refractivity contribution in [3.8, 4) is 22.7 Å². The topological polar surface area (TPSA) is 87.7 Å². The molecule has 2 aromatic carbocycles. The number of nitrogens with zero attached hydrogens (tertiary/aromatic N) is 4. The Bertz CT molecular complexity index is 1590. The van der Waals surface area contributed by atoms with Crippen molar-refractivity contribution in [3.63, 3.8) is 0 Å². The molecule has 0 bridgehead atoms. The fraction of sp³-hybridized carbons (Fsp3) is 0.111. The van der Waals surface area contributed by atoms with E-state index in [0.717, 1.165) is 11.3 Å². The first-order chi connectivity index (χ1) is 17.0. The molecule has 0 unspecified atom stereocenters. The second kappa shape index (κ2) is 9.26. The Morgan fingerprint density at radius 2 is 1.83 bits per heavy atom. The Hall–Kier alpha value is -4.72. The van der Waals surface area contributed by atoms with Crippen LogP contribution in [0.15, 0.2) is 90.0 Å². The van der Waals surface area contributed by atoms with Crippen molar-refractivity contribution in [1.29, 1.82) is 0 Å². The number of carbonyl (C=O) groups is 1. The van der Waals surface area contributed by atoms with Crippen LogP contribution in [0.4, 0.5) is 0 Å². The molecule has 0 aliphatic heterocycles. The minimum Gasteiger partial charge on any atom is -0.497 e. The lowest BCUT2D eigenvalue weighted by atomic mass is 10.1. The number of methoxy groups -OCH3 is 1. The van der Waals surface area contributed by atoms with Gasteiger partial charge in [-0.15, -0.1) is 0 Å². The molecule has 0 fully saturated rings. The summed E-state index contributed by atoms with van der Waals surface area (Å²) in [6.07, 6.45) is 3.30. The molecule has 174 valence electrons. The van der Waals surface area contributed by atoms with E-state index in [2.05, 4.69) is 10.1 Å². The molecule has 0 amide bonds. The summed E-state index contributed by atoms with van der Waals surface area (Å²) in [5.74, 6) is 0.0732. The Kier molecular flexibility index (Phi) is 5.85. The molecule has 3 heterocycles. The van der Waals surface area contributed by atoms with E-state index >= 15 is 0 Å². The Balaban J connectivity index is 1.49. The number of hydrogen-bond donors (Lipinski definition) is 0. The van der Waals surface area contributed by atoms with E-state index in [4.69, 9.17) is 9.47 Å². The molecule has 0 N–H and O–H groups in total. The molecule has 0 aliphatic carbocycles. The maximum atomic E-state index is 13.2. The van der Waals surface area contributed by atoms with Gasteiger partial charge in [-0.3, -0.25) is 9.20 Å². The summed E-state index contributed by atoms with van der Waals surface area (Å²) in [4.78, 5) is 30.2. The first kappa shape index (κ1) is 22.1. The van der Waals surface area contributed by atoms with Crippen molar-refractivity contribution in [2.75, 3.05) is 7.11 Å². The number of pyridine rings is 1. The highest BCUT2D eigenvalue weighted by molar-refractivity contribution is 5.96. The number of para-hydroxylation sites is 1. The van der Waals surface area contributed by atoms with E-state index in [-0.39, 0.29) is 17.7 Å². The average molecular weight is 466 g/mol.